The van der Waals surface area contributed by atoms with Crippen molar-refractivity contribution in [1.82, 2.24) is 14.9 Å². The van der Waals surface area contributed by atoms with Gasteiger partial charge in [-0.1, -0.05) is 12.1 Å². The van der Waals surface area contributed by atoms with Crippen LogP contribution in [-0.4, -0.2) is 61.8 Å². The number of halogens is 1. The van der Waals surface area contributed by atoms with Crippen molar-refractivity contribution in [2.45, 2.75) is 25.5 Å². The minimum absolute atomic E-state index is 0.0516. The molecule has 1 aromatic carbocycles. The molecule has 1 aromatic heterocycles. The summed E-state index contributed by atoms with van der Waals surface area (Å²) in [6, 6.07) is 5.83. The molecule has 10 heteroatoms. The van der Waals surface area contributed by atoms with Crippen LogP contribution in [0.3, 0.4) is 0 Å². The Morgan fingerprint density at radius 1 is 1.34 bits per heavy atom. The quantitative estimate of drug-likeness (QED) is 0.528. The number of likely N-dealkylation sites (tertiary alicyclic amines) is 1. The number of nitrogens with zero attached hydrogens (tertiary/aromatic N) is 3. The standard InChI is InChI=1S/C18H21FN4O3.CH2O2/c19-14-3-1-2-12(6-14)7-18(16(25)26)11-23(5-4-15(18)24)10-13-8-21-17(20)22-9-13;2-1-3/h1-3,6,8-9,15,24H,4-5,7,10-11H2,(H,25,26)(H2,20,21,22);1H,(H,2,3)/t15-,18-;/m1./s1. The molecule has 29 heavy (non-hydrogen) atoms. The summed E-state index contributed by atoms with van der Waals surface area (Å²) in [5, 5.41) is 27.3. The van der Waals surface area contributed by atoms with E-state index < -0.39 is 23.3 Å². The maximum absolute atomic E-state index is 13.5. The Morgan fingerprint density at radius 2 is 2.00 bits per heavy atom. The van der Waals surface area contributed by atoms with Crippen molar-refractivity contribution >= 4 is 18.4 Å². The third kappa shape index (κ3) is 5.69. The second-order valence-electron chi connectivity index (χ2n) is 6.84. The molecule has 1 aliphatic rings. The van der Waals surface area contributed by atoms with Crippen molar-refractivity contribution in [1.29, 1.82) is 0 Å². The van der Waals surface area contributed by atoms with E-state index in [9.17, 15) is 19.4 Å². The van der Waals surface area contributed by atoms with Crippen LogP contribution in [0.5, 0.6) is 0 Å². The van der Waals surface area contributed by atoms with Crippen LogP contribution in [0.2, 0.25) is 0 Å². The number of rotatable bonds is 5. The Bertz CT molecular complexity index is 836. The molecule has 0 radical (unpaired) electrons. The molecule has 156 valence electrons. The van der Waals surface area contributed by atoms with Crippen LogP contribution in [0.4, 0.5) is 10.3 Å². The molecule has 1 saturated heterocycles. The summed E-state index contributed by atoms with van der Waals surface area (Å²) in [7, 11) is 0. The number of aliphatic hydroxyl groups is 1. The zero-order chi connectivity index (χ0) is 21.4. The summed E-state index contributed by atoms with van der Waals surface area (Å²) >= 11 is 0. The highest BCUT2D eigenvalue weighted by Gasteiger charge is 2.49. The summed E-state index contributed by atoms with van der Waals surface area (Å²) in [4.78, 5) is 30.3. The predicted molar refractivity (Wildman–Crippen MR) is 101 cm³/mol. The first kappa shape index (κ1) is 22.2. The number of hydrogen-bond donors (Lipinski definition) is 4. The topological polar surface area (TPSA) is 150 Å². The Hall–Kier alpha value is -3.11. The first-order valence-electron chi connectivity index (χ1n) is 8.83. The van der Waals surface area contributed by atoms with E-state index >= 15 is 0 Å². The van der Waals surface area contributed by atoms with Gasteiger partial charge in [0.15, 0.2) is 0 Å². The molecule has 1 fully saturated rings. The molecule has 0 amide bonds. The van der Waals surface area contributed by atoms with E-state index in [0.29, 0.717) is 25.1 Å². The van der Waals surface area contributed by atoms with E-state index in [-0.39, 0.29) is 25.4 Å². The molecule has 0 spiro atoms. The Labute approximate surface area is 166 Å². The van der Waals surface area contributed by atoms with Gasteiger partial charge in [0.25, 0.3) is 6.47 Å². The highest BCUT2D eigenvalue weighted by Crippen LogP contribution is 2.35. The molecular formula is C19H23FN4O5. The Morgan fingerprint density at radius 3 is 2.59 bits per heavy atom. The van der Waals surface area contributed by atoms with Crippen LogP contribution in [0.1, 0.15) is 17.5 Å². The van der Waals surface area contributed by atoms with Crippen LogP contribution in [-0.2, 0) is 22.6 Å². The zero-order valence-electron chi connectivity index (χ0n) is 15.6. The summed E-state index contributed by atoms with van der Waals surface area (Å²) in [6.07, 6.45) is 2.56. The van der Waals surface area contributed by atoms with Crippen molar-refractivity contribution in [2.75, 3.05) is 18.8 Å². The summed E-state index contributed by atoms with van der Waals surface area (Å²) in [6.45, 7) is 0.888. The minimum Gasteiger partial charge on any atom is -0.483 e. The molecule has 0 saturated carbocycles. The predicted octanol–water partition coefficient (Wildman–Crippen LogP) is 0.779. The van der Waals surface area contributed by atoms with Crippen molar-refractivity contribution in [3.8, 4) is 0 Å². The monoisotopic (exact) mass is 406 g/mol. The zero-order valence-corrected chi connectivity index (χ0v) is 15.6. The number of hydrogen-bond acceptors (Lipinski definition) is 7. The number of anilines is 1. The van der Waals surface area contributed by atoms with E-state index in [2.05, 4.69) is 9.97 Å². The third-order valence-electron chi connectivity index (χ3n) is 4.83. The van der Waals surface area contributed by atoms with Crippen LogP contribution in [0.25, 0.3) is 0 Å². The van der Waals surface area contributed by atoms with Gasteiger partial charge in [-0.3, -0.25) is 14.5 Å². The van der Waals surface area contributed by atoms with E-state index in [4.69, 9.17) is 15.6 Å². The van der Waals surface area contributed by atoms with Crippen LogP contribution < -0.4 is 5.73 Å². The van der Waals surface area contributed by atoms with E-state index in [1.807, 2.05) is 4.90 Å². The van der Waals surface area contributed by atoms with Gasteiger partial charge in [-0.2, -0.15) is 0 Å². The number of piperidine rings is 1. The molecule has 0 bridgehead atoms. The number of nitrogen functional groups attached to an aromatic ring is 1. The SMILES string of the molecule is Nc1ncc(CN2CC[C@@H](O)[C@](Cc3cccc(F)c3)(C(=O)O)C2)cn1.O=CO. The maximum Gasteiger partial charge on any atom is 0.313 e. The van der Waals surface area contributed by atoms with Gasteiger partial charge in [-0.15, -0.1) is 0 Å². The van der Waals surface area contributed by atoms with Gasteiger partial charge in [-0.05, 0) is 30.5 Å². The first-order chi connectivity index (χ1) is 13.8. The van der Waals surface area contributed by atoms with Crippen molar-refractivity contribution in [2.24, 2.45) is 5.41 Å². The minimum atomic E-state index is -1.40. The maximum atomic E-state index is 13.5. The molecule has 0 unspecified atom stereocenters. The van der Waals surface area contributed by atoms with Crippen molar-refractivity contribution < 1.29 is 29.3 Å². The lowest BCUT2D eigenvalue weighted by Crippen LogP contribution is -2.56. The molecule has 2 atom stereocenters. The lowest BCUT2D eigenvalue weighted by Gasteiger charge is -2.43. The third-order valence-corrected chi connectivity index (χ3v) is 4.83. The fourth-order valence-electron chi connectivity index (χ4n) is 3.47. The van der Waals surface area contributed by atoms with Gasteiger partial charge < -0.3 is 21.1 Å². The van der Waals surface area contributed by atoms with Gasteiger partial charge in [0, 0.05) is 37.6 Å². The Balaban J connectivity index is 0.000000941. The fraction of sp³-hybridized carbons (Fsp3) is 0.368. The average molecular weight is 406 g/mol. The normalized spacial score (nSPS) is 21.7. The lowest BCUT2D eigenvalue weighted by atomic mass is 9.72. The molecule has 2 aromatic rings. The van der Waals surface area contributed by atoms with Gasteiger partial charge in [-0.25, -0.2) is 14.4 Å². The number of aromatic nitrogens is 2. The lowest BCUT2D eigenvalue weighted by molar-refractivity contribution is -0.163. The number of carboxylic acid groups (broad SMARTS) is 2. The molecule has 3 rings (SSSR count). The molecule has 2 heterocycles. The number of aliphatic hydroxyl groups excluding tert-OH is 1. The first-order valence-corrected chi connectivity index (χ1v) is 8.83. The molecule has 9 nitrogen and oxygen atoms in total. The molecule has 5 N–H and O–H groups in total. The van der Waals surface area contributed by atoms with Crippen molar-refractivity contribution in [3.63, 3.8) is 0 Å². The van der Waals surface area contributed by atoms with E-state index in [0.717, 1.165) is 5.56 Å². The number of benzene rings is 1. The highest BCUT2D eigenvalue weighted by molar-refractivity contribution is 5.76. The second kappa shape index (κ2) is 9.89. The smallest absolute Gasteiger partial charge is 0.313 e. The number of nitrogens with two attached hydrogens (primary N) is 1. The summed E-state index contributed by atoms with van der Waals surface area (Å²) in [5.74, 6) is -1.34. The number of carboxylic acids is 1. The highest BCUT2D eigenvalue weighted by atomic mass is 19.1. The Kier molecular flexibility index (Phi) is 7.57. The van der Waals surface area contributed by atoms with Gasteiger partial charge in [0.05, 0.1) is 6.10 Å². The second-order valence-corrected chi connectivity index (χ2v) is 6.84. The van der Waals surface area contributed by atoms with Crippen molar-refractivity contribution in [3.05, 3.63) is 53.6 Å². The van der Waals surface area contributed by atoms with Crippen LogP contribution in [0.15, 0.2) is 36.7 Å². The molecular weight excluding hydrogens is 383 g/mol. The van der Waals surface area contributed by atoms with E-state index in [1.165, 1.54) is 12.1 Å². The van der Waals surface area contributed by atoms with E-state index in [1.54, 1.807) is 24.5 Å². The summed E-state index contributed by atoms with van der Waals surface area (Å²) < 4.78 is 13.5. The average Bonchev–Trinajstić information content (AvgIpc) is 2.67. The fourth-order valence-corrected chi connectivity index (χ4v) is 3.47. The van der Waals surface area contributed by atoms with Crippen LogP contribution >= 0.6 is 0 Å². The molecule has 1 aliphatic heterocycles. The molecule has 0 aliphatic carbocycles. The number of carbonyl (C=O) groups is 2. The van der Waals surface area contributed by atoms with Gasteiger partial charge >= 0.3 is 5.97 Å². The largest absolute Gasteiger partial charge is 0.483 e. The summed E-state index contributed by atoms with van der Waals surface area (Å²) in [5.41, 5.74) is 5.43. The number of aliphatic carboxylic acids is 1. The van der Waals surface area contributed by atoms with Crippen LogP contribution in [0, 0.1) is 11.2 Å². The van der Waals surface area contributed by atoms with Gasteiger partial charge in [0.1, 0.15) is 11.2 Å². The van der Waals surface area contributed by atoms with Gasteiger partial charge in [0.2, 0.25) is 5.95 Å².